The number of carbonyl (C=O) groups is 3. The van der Waals surface area contributed by atoms with E-state index in [9.17, 15) is 14.4 Å². The van der Waals surface area contributed by atoms with Crippen LogP contribution in [0.4, 0.5) is 0 Å². The monoisotopic (exact) mass is 242 g/mol. The number of nitrogens with one attached hydrogen (secondary N) is 1. The third kappa shape index (κ3) is 2.75. The Morgan fingerprint density at radius 3 is 2.53 bits per heavy atom. The summed E-state index contributed by atoms with van der Waals surface area (Å²) in [6.45, 7) is 3.35. The molecular weight excluding hydrogens is 224 g/mol. The molecule has 96 valence electrons. The van der Waals surface area contributed by atoms with Crippen molar-refractivity contribution >= 4 is 17.8 Å². The molecule has 0 bridgehead atoms. The number of hydrogen-bond donors (Lipinski definition) is 2. The first-order chi connectivity index (χ1) is 7.88. The van der Waals surface area contributed by atoms with Crippen molar-refractivity contribution < 1.29 is 19.5 Å². The van der Waals surface area contributed by atoms with E-state index >= 15 is 0 Å². The van der Waals surface area contributed by atoms with Crippen LogP contribution >= 0.6 is 0 Å². The lowest BCUT2D eigenvalue weighted by molar-refractivity contribution is -0.156. The summed E-state index contributed by atoms with van der Waals surface area (Å²) in [5, 5.41) is 11.6. The zero-order valence-electron chi connectivity index (χ0n) is 10.3. The number of likely N-dealkylation sites (tertiary alicyclic amines) is 1. The zero-order chi connectivity index (χ0) is 13.2. The van der Waals surface area contributed by atoms with Gasteiger partial charge in [-0.2, -0.15) is 0 Å². The minimum absolute atomic E-state index is 0.0764. The highest BCUT2D eigenvalue weighted by Gasteiger charge is 2.42. The molecule has 0 aromatic heterocycles. The molecule has 1 heterocycles. The van der Waals surface area contributed by atoms with Crippen LogP contribution in [-0.2, 0) is 14.4 Å². The van der Waals surface area contributed by atoms with Gasteiger partial charge in [-0.05, 0) is 12.8 Å². The zero-order valence-corrected chi connectivity index (χ0v) is 10.3. The summed E-state index contributed by atoms with van der Waals surface area (Å²) in [6, 6.07) is -0.457. The quantitative estimate of drug-likeness (QED) is 0.710. The summed E-state index contributed by atoms with van der Waals surface area (Å²) < 4.78 is 0. The summed E-state index contributed by atoms with van der Waals surface area (Å²) >= 11 is 0. The van der Waals surface area contributed by atoms with Crippen molar-refractivity contribution in [1.82, 2.24) is 10.2 Å². The lowest BCUT2D eigenvalue weighted by atomic mass is 9.81. The summed E-state index contributed by atoms with van der Waals surface area (Å²) in [7, 11) is 1.48. The Labute approximate surface area is 100.0 Å². The second-order valence-corrected chi connectivity index (χ2v) is 4.48. The molecule has 0 spiro atoms. The van der Waals surface area contributed by atoms with Crippen molar-refractivity contribution in [1.29, 1.82) is 0 Å². The number of aliphatic carboxylic acids is 1. The van der Waals surface area contributed by atoms with Gasteiger partial charge in [0.25, 0.3) is 0 Å². The van der Waals surface area contributed by atoms with Gasteiger partial charge in [0.1, 0.15) is 0 Å². The highest BCUT2D eigenvalue weighted by Crippen LogP contribution is 2.29. The normalized spacial score (nSPS) is 29.0. The molecule has 2 N–H and O–H groups in total. The maximum Gasteiger partial charge on any atom is 0.308 e. The van der Waals surface area contributed by atoms with Crippen LogP contribution in [0.15, 0.2) is 0 Å². The molecule has 1 aliphatic rings. The highest BCUT2D eigenvalue weighted by molar-refractivity contribution is 5.87. The van der Waals surface area contributed by atoms with Crippen molar-refractivity contribution in [3.8, 4) is 0 Å². The van der Waals surface area contributed by atoms with E-state index in [4.69, 9.17) is 5.11 Å². The molecular formula is C11H18N2O4. The van der Waals surface area contributed by atoms with Crippen LogP contribution in [0.1, 0.15) is 20.3 Å². The molecule has 0 aromatic carbocycles. The smallest absolute Gasteiger partial charge is 0.308 e. The minimum atomic E-state index is -0.917. The predicted octanol–water partition coefficient (Wildman–Crippen LogP) is -0.310. The van der Waals surface area contributed by atoms with E-state index in [1.165, 1.54) is 11.9 Å². The fourth-order valence-electron chi connectivity index (χ4n) is 2.33. The topological polar surface area (TPSA) is 86.7 Å². The maximum atomic E-state index is 11.8. The third-order valence-electron chi connectivity index (χ3n) is 3.32. The number of piperidine rings is 1. The fourth-order valence-corrected chi connectivity index (χ4v) is 2.33. The molecule has 3 unspecified atom stereocenters. The molecule has 1 fully saturated rings. The SMILES string of the molecule is CNC(=O)CN1C(=O)CC(C)C(C(=O)O)C1C. The van der Waals surface area contributed by atoms with Gasteiger partial charge in [-0.15, -0.1) is 0 Å². The summed E-state index contributed by atoms with van der Waals surface area (Å²) in [6.07, 6.45) is 0.179. The number of nitrogens with zero attached hydrogens (tertiary/aromatic N) is 1. The summed E-state index contributed by atoms with van der Waals surface area (Å²) in [5.74, 6) is -2.18. The predicted molar refractivity (Wildman–Crippen MR) is 60.1 cm³/mol. The number of amides is 2. The number of hydrogen-bond acceptors (Lipinski definition) is 3. The molecule has 0 aromatic rings. The fraction of sp³-hybridized carbons (Fsp3) is 0.727. The molecule has 2 amide bonds. The van der Waals surface area contributed by atoms with Gasteiger partial charge in [0.15, 0.2) is 0 Å². The van der Waals surface area contributed by atoms with Crippen molar-refractivity contribution in [2.75, 3.05) is 13.6 Å². The summed E-state index contributed by atoms with van der Waals surface area (Å²) in [5.41, 5.74) is 0. The van der Waals surface area contributed by atoms with E-state index in [2.05, 4.69) is 5.32 Å². The molecule has 1 aliphatic heterocycles. The van der Waals surface area contributed by atoms with Crippen LogP contribution in [0.25, 0.3) is 0 Å². The second kappa shape index (κ2) is 5.16. The van der Waals surface area contributed by atoms with Crippen LogP contribution in [0, 0.1) is 11.8 Å². The minimum Gasteiger partial charge on any atom is -0.481 e. The van der Waals surface area contributed by atoms with Gasteiger partial charge in [0.2, 0.25) is 11.8 Å². The highest BCUT2D eigenvalue weighted by atomic mass is 16.4. The largest absolute Gasteiger partial charge is 0.481 e. The van der Waals surface area contributed by atoms with Gasteiger partial charge in [-0.25, -0.2) is 0 Å². The second-order valence-electron chi connectivity index (χ2n) is 4.48. The van der Waals surface area contributed by atoms with E-state index in [-0.39, 0.29) is 30.7 Å². The Morgan fingerprint density at radius 2 is 2.06 bits per heavy atom. The van der Waals surface area contributed by atoms with Crippen molar-refractivity contribution in [2.45, 2.75) is 26.3 Å². The maximum absolute atomic E-state index is 11.8. The Balaban J connectivity index is 2.86. The average molecular weight is 242 g/mol. The first kappa shape index (κ1) is 13.5. The van der Waals surface area contributed by atoms with Crippen LogP contribution < -0.4 is 5.32 Å². The van der Waals surface area contributed by atoms with Crippen molar-refractivity contribution in [3.63, 3.8) is 0 Å². The first-order valence-electron chi connectivity index (χ1n) is 5.61. The molecule has 1 rings (SSSR count). The van der Waals surface area contributed by atoms with Gasteiger partial charge in [-0.3, -0.25) is 14.4 Å². The molecule has 6 nitrogen and oxygen atoms in total. The molecule has 0 radical (unpaired) electrons. The molecule has 6 heteroatoms. The van der Waals surface area contributed by atoms with Gasteiger partial charge in [-0.1, -0.05) is 6.92 Å². The van der Waals surface area contributed by atoms with Gasteiger partial charge < -0.3 is 15.3 Å². The van der Waals surface area contributed by atoms with Crippen molar-refractivity contribution in [2.24, 2.45) is 11.8 Å². The molecule has 17 heavy (non-hydrogen) atoms. The van der Waals surface area contributed by atoms with Crippen LogP contribution in [0.3, 0.4) is 0 Å². The van der Waals surface area contributed by atoms with Gasteiger partial charge in [0, 0.05) is 19.5 Å². The number of carboxylic acid groups (broad SMARTS) is 1. The van der Waals surface area contributed by atoms with Crippen LogP contribution in [-0.4, -0.2) is 47.4 Å². The standard InChI is InChI=1S/C11H18N2O4/c1-6-4-9(15)13(5-8(14)12-3)7(2)10(6)11(16)17/h6-7,10H,4-5H2,1-3H3,(H,12,14)(H,16,17). The Hall–Kier alpha value is -1.59. The number of rotatable bonds is 3. The number of likely N-dealkylation sites (N-methyl/N-ethyl adjacent to an activating group) is 1. The van der Waals surface area contributed by atoms with E-state index < -0.39 is 17.9 Å². The van der Waals surface area contributed by atoms with E-state index in [1.807, 2.05) is 0 Å². The molecule has 0 saturated carbocycles. The average Bonchev–Trinajstić information content (AvgIpc) is 2.22. The van der Waals surface area contributed by atoms with Crippen LogP contribution in [0.5, 0.6) is 0 Å². The van der Waals surface area contributed by atoms with E-state index in [0.717, 1.165) is 0 Å². The lowest BCUT2D eigenvalue weighted by Gasteiger charge is -2.40. The molecule has 0 aliphatic carbocycles. The Bertz CT molecular complexity index is 342. The summed E-state index contributed by atoms with van der Waals surface area (Å²) in [4.78, 5) is 35.6. The lowest BCUT2D eigenvalue weighted by Crippen LogP contribution is -2.55. The van der Waals surface area contributed by atoms with Gasteiger partial charge >= 0.3 is 5.97 Å². The Kier molecular flexibility index (Phi) is 4.09. The molecule has 1 saturated heterocycles. The van der Waals surface area contributed by atoms with E-state index in [0.29, 0.717) is 0 Å². The van der Waals surface area contributed by atoms with Crippen LogP contribution in [0.2, 0.25) is 0 Å². The Morgan fingerprint density at radius 1 is 1.47 bits per heavy atom. The molecule has 3 atom stereocenters. The van der Waals surface area contributed by atoms with E-state index in [1.54, 1.807) is 13.8 Å². The third-order valence-corrected chi connectivity index (χ3v) is 3.32. The number of carboxylic acids is 1. The number of carbonyl (C=O) groups excluding carboxylic acids is 2. The van der Waals surface area contributed by atoms with Crippen molar-refractivity contribution in [3.05, 3.63) is 0 Å². The van der Waals surface area contributed by atoms with Gasteiger partial charge in [0.05, 0.1) is 12.5 Å². The first-order valence-corrected chi connectivity index (χ1v) is 5.61.